The summed E-state index contributed by atoms with van der Waals surface area (Å²) < 4.78 is 0. The van der Waals surface area contributed by atoms with E-state index < -0.39 is 0 Å². The Kier molecular flexibility index (Phi) is 2.06. The largest absolute Gasteiger partial charge is 0.392 e. The van der Waals surface area contributed by atoms with Crippen LogP contribution in [0.1, 0.15) is 16.8 Å². The van der Waals surface area contributed by atoms with Crippen LogP contribution in [-0.4, -0.2) is 16.6 Å². The van der Waals surface area contributed by atoms with Crippen LogP contribution in [0.3, 0.4) is 0 Å². The Labute approximate surface area is 71.4 Å². The van der Waals surface area contributed by atoms with Crippen LogP contribution in [0.15, 0.2) is 12.3 Å². The average Bonchev–Trinajstić information content (AvgIpc) is 2.17. The molecule has 0 aliphatic carbocycles. The molecular weight excluding hydrogens is 152 g/mol. The Morgan fingerprint density at radius 2 is 2.50 bits per heavy atom. The number of aromatic nitrogens is 1. The molecule has 0 saturated carbocycles. The van der Waals surface area contributed by atoms with Gasteiger partial charge in [0.05, 0.1) is 12.3 Å². The molecule has 0 bridgehead atoms. The van der Waals surface area contributed by atoms with E-state index in [2.05, 4.69) is 10.3 Å². The quantitative estimate of drug-likeness (QED) is 0.624. The van der Waals surface area contributed by atoms with Crippen molar-refractivity contribution in [3.63, 3.8) is 0 Å². The van der Waals surface area contributed by atoms with Crippen molar-refractivity contribution < 1.29 is 5.11 Å². The van der Waals surface area contributed by atoms with Crippen molar-refractivity contribution in [1.82, 2.24) is 10.3 Å². The molecule has 3 nitrogen and oxygen atoms in total. The SMILES string of the molecule is OCc1cnc2c(c1)CCNC2. The average molecular weight is 164 g/mol. The standard InChI is InChI=1S/C9H12N2O/c12-6-7-3-8-1-2-10-5-9(8)11-4-7/h3-4,10,12H,1-2,5-6H2. The van der Waals surface area contributed by atoms with Gasteiger partial charge in [-0.05, 0) is 24.1 Å². The number of nitrogens with one attached hydrogen (secondary N) is 1. The molecule has 0 saturated heterocycles. The molecule has 2 heterocycles. The van der Waals surface area contributed by atoms with Crippen molar-refractivity contribution in [2.45, 2.75) is 19.6 Å². The van der Waals surface area contributed by atoms with E-state index >= 15 is 0 Å². The minimum atomic E-state index is 0.0910. The van der Waals surface area contributed by atoms with Crippen LogP contribution in [0.5, 0.6) is 0 Å². The van der Waals surface area contributed by atoms with E-state index in [-0.39, 0.29) is 6.61 Å². The maximum atomic E-state index is 8.88. The number of aliphatic hydroxyl groups is 1. The highest BCUT2D eigenvalue weighted by Crippen LogP contribution is 2.12. The zero-order valence-electron chi connectivity index (χ0n) is 6.88. The van der Waals surface area contributed by atoms with E-state index in [1.54, 1.807) is 6.20 Å². The third kappa shape index (κ3) is 1.33. The molecule has 3 heteroatoms. The highest BCUT2D eigenvalue weighted by Gasteiger charge is 2.09. The lowest BCUT2D eigenvalue weighted by Crippen LogP contribution is -2.24. The molecule has 1 aromatic heterocycles. The van der Waals surface area contributed by atoms with Gasteiger partial charge in [-0.3, -0.25) is 4.98 Å². The maximum absolute atomic E-state index is 8.88. The zero-order chi connectivity index (χ0) is 8.39. The fraction of sp³-hybridized carbons (Fsp3) is 0.444. The molecule has 0 fully saturated rings. The summed E-state index contributed by atoms with van der Waals surface area (Å²) >= 11 is 0. The van der Waals surface area contributed by atoms with Crippen molar-refractivity contribution in [2.24, 2.45) is 0 Å². The summed E-state index contributed by atoms with van der Waals surface area (Å²) in [5.41, 5.74) is 3.31. The van der Waals surface area contributed by atoms with Gasteiger partial charge >= 0.3 is 0 Å². The van der Waals surface area contributed by atoms with Crippen molar-refractivity contribution in [3.8, 4) is 0 Å². The Morgan fingerprint density at radius 1 is 1.58 bits per heavy atom. The number of rotatable bonds is 1. The zero-order valence-corrected chi connectivity index (χ0v) is 6.88. The predicted octanol–water partition coefficient (Wildman–Crippen LogP) is 0.220. The molecule has 1 aliphatic rings. The summed E-state index contributed by atoms with van der Waals surface area (Å²) in [6.45, 7) is 1.97. The summed E-state index contributed by atoms with van der Waals surface area (Å²) in [5.74, 6) is 0. The van der Waals surface area contributed by atoms with Crippen LogP contribution < -0.4 is 5.32 Å². The lowest BCUT2D eigenvalue weighted by molar-refractivity contribution is 0.281. The molecule has 0 spiro atoms. The number of nitrogens with zero attached hydrogens (tertiary/aromatic N) is 1. The smallest absolute Gasteiger partial charge is 0.0696 e. The third-order valence-corrected chi connectivity index (χ3v) is 2.16. The summed E-state index contributed by atoms with van der Waals surface area (Å²) in [6.07, 6.45) is 2.77. The van der Waals surface area contributed by atoms with Crippen molar-refractivity contribution in [2.75, 3.05) is 6.54 Å². The summed E-state index contributed by atoms with van der Waals surface area (Å²) in [4.78, 5) is 4.27. The first-order chi connectivity index (χ1) is 5.90. The van der Waals surface area contributed by atoms with E-state index in [9.17, 15) is 0 Å². The van der Waals surface area contributed by atoms with Gasteiger partial charge in [0.15, 0.2) is 0 Å². The molecule has 2 rings (SSSR count). The van der Waals surface area contributed by atoms with Crippen LogP contribution in [0, 0.1) is 0 Å². The van der Waals surface area contributed by atoms with Gasteiger partial charge in [0, 0.05) is 12.7 Å². The highest BCUT2D eigenvalue weighted by molar-refractivity contribution is 5.26. The first-order valence-corrected chi connectivity index (χ1v) is 4.18. The van der Waals surface area contributed by atoms with E-state index in [0.717, 1.165) is 30.8 Å². The summed E-state index contributed by atoms with van der Waals surface area (Å²) in [7, 11) is 0. The fourth-order valence-electron chi connectivity index (χ4n) is 1.48. The molecule has 1 aliphatic heterocycles. The Hall–Kier alpha value is -0.930. The number of fused-ring (bicyclic) bond motifs is 1. The second-order valence-corrected chi connectivity index (χ2v) is 3.03. The number of hydrogen-bond donors (Lipinski definition) is 2. The van der Waals surface area contributed by atoms with E-state index in [0.29, 0.717) is 0 Å². The molecular formula is C9H12N2O. The Morgan fingerprint density at radius 3 is 3.33 bits per heavy atom. The van der Waals surface area contributed by atoms with E-state index in [4.69, 9.17) is 5.11 Å². The van der Waals surface area contributed by atoms with E-state index in [1.165, 1.54) is 5.56 Å². The molecule has 12 heavy (non-hydrogen) atoms. The van der Waals surface area contributed by atoms with Crippen LogP contribution in [0.2, 0.25) is 0 Å². The van der Waals surface area contributed by atoms with Crippen LogP contribution in [0.4, 0.5) is 0 Å². The van der Waals surface area contributed by atoms with Crippen molar-refractivity contribution in [3.05, 3.63) is 29.1 Å². The lowest BCUT2D eigenvalue weighted by atomic mass is 10.0. The van der Waals surface area contributed by atoms with Crippen LogP contribution >= 0.6 is 0 Å². The lowest BCUT2D eigenvalue weighted by Gasteiger charge is -2.16. The van der Waals surface area contributed by atoms with Gasteiger partial charge in [-0.2, -0.15) is 0 Å². The van der Waals surface area contributed by atoms with Crippen LogP contribution in [-0.2, 0) is 19.6 Å². The predicted molar refractivity (Wildman–Crippen MR) is 45.6 cm³/mol. The van der Waals surface area contributed by atoms with Gasteiger partial charge in [-0.25, -0.2) is 0 Å². The minimum Gasteiger partial charge on any atom is -0.392 e. The number of hydrogen-bond acceptors (Lipinski definition) is 3. The number of aliphatic hydroxyl groups excluding tert-OH is 1. The minimum absolute atomic E-state index is 0.0910. The second-order valence-electron chi connectivity index (χ2n) is 3.03. The molecule has 0 aromatic carbocycles. The third-order valence-electron chi connectivity index (χ3n) is 2.16. The van der Waals surface area contributed by atoms with Crippen molar-refractivity contribution in [1.29, 1.82) is 0 Å². The van der Waals surface area contributed by atoms with Gasteiger partial charge in [0.25, 0.3) is 0 Å². The fourth-order valence-corrected chi connectivity index (χ4v) is 1.48. The number of pyridine rings is 1. The van der Waals surface area contributed by atoms with Gasteiger partial charge < -0.3 is 10.4 Å². The molecule has 0 amide bonds. The maximum Gasteiger partial charge on any atom is 0.0696 e. The molecule has 0 atom stereocenters. The Bertz CT molecular complexity index is 286. The monoisotopic (exact) mass is 164 g/mol. The first kappa shape index (κ1) is 7.71. The normalized spacial score (nSPS) is 15.8. The van der Waals surface area contributed by atoms with Gasteiger partial charge in [-0.15, -0.1) is 0 Å². The topological polar surface area (TPSA) is 45.2 Å². The molecule has 0 radical (unpaired) electrons. The highest BCUT2D eigenvalue weighted by atomic mass is 16.3. The van der Waals surface area contributed by atoms with Gasteiger partial charge in [0.2, 0.25) is 0 Å². The van der Waals surface area contributed by atoms with Gasteiger partial charge in [-0.1, -0.05) is 6.07 Å². The summed E-state index contributed by atoms with van der Waals surface area (Å²) in [5, 5.41) is 12.1. The van der Waals surface area contributed by atoms with Gasteiger partial charge in [0.1, 0.15) is 0 Å². The first-order valence-electron chi connectivity index (χ1n) is 4.18. The molecule has 1 aromatic rings. The van der Waals surface area contributed by atoms with Crippen molar-refractivity contribution >= 4 is 0 Å². The molecule has 2 N–H and O–H groups in total. The summed E-state index contributed by atoms with van der Waals surface area (Å²) in [6, 6.07) is 2.04. The second kappa shape index (κ2) is 3.21. The Balaban J connectivity index is 2.36. The van der Waals surface area contributed by atoms with Crippen LogP contribution in [0.25, 0.3) is 0 Å². The molecule has 64 valence electrons. The van der Waals surface area contributed by atoms with E-state index in [1.807, 2.05) is 6.07 Å². The molecule has 0 unspecified atom stereocenters.